The molecule has 4 rings (SSSR count). The Labute approximate surface area is 86.5 Å². The summed E-state index contributed by atoms with van der Waals surface area (Å²) in [5, 5.41) is 0. The molecule has 77 valence electrons. The van der Waals surface area contributed by atoms with Crippen molar-refractivity contribution in [2.45, 2.75) is 26.7 Å². The van der Waals surface area contributed by atoms with Gasteiger partial charge in [-0.25, -0.2) is 0 Å². The Morgan fingerprint density at radius 2 is 2.00 bits per heavy atom. The first kappa shape index (κ1) is 8.96. The average Bonchev–Trinajstić information content (AvgIpc) is 2.56. The van der Waals surface area contributed by atoms with Crippen LogP contribution in [0.25, 0.3) is 0 Å². The third-order valence-electron chi connectivity index (χ3n) is 5.70. The van der Waals surface area contributed by atoms with Gasteiger partial charge in [-0.2, -0.15) is 0 Å². The van der Waals surface area contributed by atoms with Gasteiger partial charge < -0.3 is 4.74 Å². The van der Waals surface area contributed by atoms with Crippen LogP contribution < -0.4 is 0 Å². The third kappa shape index (κ3) is 0.735. The minimum absolute atomic E-state index is 0.446. The normalized spacial score (nSPS) is 57.7. The maximum Gasteiger partial charge on any atom is 0.105 e. The van der Waals surface area contributed by atoms with Crippen LogP contribution in [0.2, 0.25) is 0 Å². The summed E-state index contributed by atoms with van der Waals surface area (Å²) < 4.78 is 5.59. The Balaban J connectivity index is 1.75. The molecular weight excluding hydrogens is 172 g/mol. The second-order valence-electron chi connectivity index (χ2n) is 5.76. The molecule has 0 spiro atoms. The zero-order chi connectivity index (χ0) is 9.97. The molecule has 0 saturated heterocycles. The largest absolute Gasteiger partial charge is 0.371 e. The smallest absolute Gasteiger partial charge is 0.105 e. The molecule has 2 unspecified atom stereocenters. The molecule has 4 fully saturated rings. The van der Waals surface area contributed by atoms with Crippen molar-refractivity contribution in [1.29, 1.82) is 0 Å². The fourth-order valence-electron chi connectivity index (χ4n) is 4.60. The van der Waals surface area contributed by atoms with E-state index in [9.17, 15) is 0 Å². The molecule has 0 aromatic heterocycles. The maximum atomic E-state index is 5.59. The van der Waals surface area contributed by atoms with E-state index in [1.807, 2.05) is 0 Å². The molecule has 5 atom stereocenters. The SMILES string of the molecule is C=C[CH]OC[C@]1(C)C2C[C@@H]3[C@H](C2)C31C. The van der Waals surface area contributed by atoms with Crippen molar-refractivity contribution in [2.24, 2.45) is 28.6 Å². The Hall–Kier alpha value is -0.300. The van der Waals surface area contributed by atoms with E-state index in [1.54, 1.807) is 12.7 Å². The monoisotopic (exact) mass is 191 g/mol. The van der Waals surface area contributed by atoms with Crippen molar-refractivity contribution >= 4 is 0 Å². The van der Waals surface area contributed by atoms with E-state index in [0.717, 1.165) is 24.4 Å². The van der Waals surface area contributed by atoms with Crippen molar-refractivity contribution in [3.63, 3.8) is 0 Å². The van der Waals surface area contributed by atoms with Crippen molar-refractivity contribution in [1.82, 2.24) is 0 Å². The first-order valence-electron chi connectivity index (χ1n) is 5.70. The minimum atomic E-state index is 0.446. The standard InChI is InChI=1S/C13H19O/c1-4-5-14-8-12(2)9-6-10-11(7-9)13(10,12)3/h4-5,9-11H,1,6-8H2,2-3H3/t9?,10-,11+,12-,13?/m1/s1. The van der Waals surface area contributed by atoms with Crippen molar-refractivity contribution in [3.8, 4) is 0 Å². The molecule has 0 aromatic rings. The van der Waals surface area contributed by atoms with Crippen LogP contribution >= 0.6 is 0 Å². The van der Waals surface area contributed by atoms with Gasteiger partial charge in [0.15, 0.2) is 0 Å². The van der Waals surface area contributed by atoms with Gasteiger partial charge in [0.2, 0.25) is 0 Å². The van der Waals surface area contributed by atoms with Gasteiger partial charge in [-0.1, -0.05) is 19.9 Å². The number of hydrogen-bond acceptors (Lipinski definition) is 1. The number of hydrogen-bond donors (Lipinski definition) is 0. The van der Waals surface area contributed by atoms with Crippen molar-refractivity contribution in [2.75, 3.05) is 6.61 Å². The lowest BCUT2D eigenvalue weighted by atomic mass is 9.75. The third-order valence-corrected chi connectivity index (χ3v) is 5.70. The van der Waals surface area contributed by atoms with E-state index in [4.69, 9.17) is 4.74 Å². The average molecular weight is 191 g/mol. The van der Waals surface area contributed by atoms with E-state index in [-0.39, 0.29) is 0 Å². The van der Waals surface area contributed by atoms with Gasteiger partial charge in [-0.15, -0.1) is 6.58 Å². The highest BCUT2D eigenvalue weighted by molar-refractivity contribution is 5.29. The lowest BCUT2D eigenvalue weighted by Gasteiger charge is -2.33. The van der Waals surface area contributed by atoms with Gasteiger partial charge >= 0.3 is 0 Å². The molecule has 0 aliphatic heterocycles. The van der Waals surface area contributed by atoms with Gasteiger partial charge in [-0.3, -0.25) is 0 Å². The highest BCUT2D eigenvalue weighted by Gasteiger charge is 2.81. The van der Waals surface area contributed by atoms with Gasteiger partial charge in [0.05, 0.1) is 6.61 Å². The van der Waals surface area contributed by atoms with E-state index in [2.05, 4.69) is 20.4 Å². The number of ether oxygens (including phenoxy) is 1. The molecule has 0 N–H and O–H groups in total. The summed E-state index contributed by atoms with van der Waals surface area (Å²) >= 11 is 0. The molecule has 1 heteroatoms. The quantitative estimate of drug-likeness (QED) is 0.621. The molecule has 0 heterocycles. The van der Waals surface area contributed by atoms with Gasteiger partial charge in [0.25, 0.3) is 0 Å². The Morgan fingerprint density at radius 1 is 1.36 bits per heavy atom. The fourth-order valence-corrected chi connectivity index (χ4v) is 4.60. The first-order valence-corrected chi connectivity index (χ1v) is 5.70. The molecular formula is C13H19O. The van der Waals surface area contributed by atoms with Crippen molar-refractivity contribution in [3.05, 3.63) is 19.3 Å². The van der Waals surface area contributed by atoms with Crippen LogP contribution in [0.3, 0.4) is 0 Å². The molecule has 4 aliphatic carbocycles. The Morgan fingerprint density at radius 3 is 2.43 bits per heavy atom. The summed E-state index contributed by atoms with van der Waals surface area (Å²) in [5.41, 5.74) is 1.06. The molecule has 4 bridgehead atoms. The zero-order valence-corrected chi connectivity index (χ0v) is 9.12. The summed E-state index contributed by atoms with van der Waals surface area (Å²) in [6.07, 6.45) is 4.67. The topological polar surface area (TPSA) is 9.23 Å². The van der Waals surface area contributed by atoms with Crippen LogP contribution in [0, 0.1) is 35.2 Å². The van der Waals surface area contributed by atoms with Gasteiger partial charge in [0.1, 0.15) is 6.61 Å². The minimum Gasteiger partial charge on any atom is -0.371 e. The molecule has 1 nitrogen and oxygen atoms in total. The summed E-state index contributed by atoms with van der Waals surface area (Å²) in [6, 6.07) is 0. The highest BCUT2D eigenvalue weighted by Crippen LogP contribution is 2.86. The highest BCUT2D eigenvalue weighted by atomic mass is 16.5. The van der Waals surface area contributed by atoms with Crippen LogP contribution in [0.1, 0.15) is 26.7 Å². The van der Waals surface area contributed by atoms with Crippen LogP contribution in [0.15, 0.2) is 12.7 Å². The molecule has 0 aromatic carbocycles. The Bertz CT molecular complexity index is 271. The second-order valence-corrected chi connectivity index (χ2v) is 5.76. The predicted molar refractivity (Wildman–Crippen MR) is 56.4 cm³/mol. The Kier molecular flexibility index (Phi) is 1.56. The lowest BCUT2D eigenvalue weighted by molar-refractivity contribution is 0.0422. The molecule has 14 heavy (non-hydrogen) atoms. The summed E-state index contributed by atoms with van der Waals surface area (Å²) in [4.78, 5) is 0. The zero-order valence-electron chi connectivity index (χ0n) is 9.12. The van der Waals surface area contributed by atoms with E-state index in [0.29, 0.717) is 10.8 Å². The van der Waals surface area contributed by atoms with Crippen LogP contribution in [0.5, 0.6) is 0 Å². The van der Waals surface area contributed by atoms with E-state index >= 15 is 0 Å². The van der Waals surface area contributed by atoms with E-state index in [1.165, 1.54) is 12.8 Å². The van der Waals surface area contributed by atoms with Gasteiger partial charge in [-0.05, 0) is 41.4 Å². The summed E-state index contributed by atoms with van der Waals surface area (Å²) in [7, 11) is 0. The van der Waals surface area contributed by atoms with Crippen molar-refractivity contribution < 1.29 is 4.74 Å². The van der Waals surface area contributed by atoms with Gasteiger partial charge in [0, 0.05) is 0 Å². The fraction of sp³-hybridized carbons (Fsp3) is 0.769. The van der Waals surface area contributed by atoms with Crippen LogP contribution in [-0.2, 0) is 4.74 Å². The van der Waals surface area contributed by atoms with E-state index < -0.39 is 0 Å². The maximum absolute atomic E-state index is 5.59. The molecule has 4 saturated carbocycles. The molecule has 0 amide bonds. The first-order chi connectivity index (χ1) is 6.64. The lowest BCUT2D eigenvalue weighted by Crippen LogP contribution is -2.32. The summed E-state index contributed by atoms with van der Waals surface area (Å²) in [6.45, 7) is 11.2. The number of rotatable bonds is 4. The molecule has 1 radical (unpaired) electrons. The van der Waals surface area contributed by atoms with Crippen LogP contribution in [0.4, 0.5) is 0 Å². The molecule has 4 aliphatic rings. The second kappa shape index (κ2) is 2.44. The van der Waals surface area contributed by atoms with Crippen LogP contribution in [-0.4, -0.2) is 6.61 Å². The summed E-state index contributed by atoms with van der Waals surface area (Å²) in [5.74, 6) is 3.00. The predicted octanol–water partition coefficient (Wildman–Crippen LogP) is 3.03.